The van der Waals surface area contributed by atoms with E-state index in [0.717, 1.165) is 27.4 Å². The number of hydrogen-bond donors (Lipinski definition) is 5. The monoisotopic (exact) mass is 1510 g/mol. The summed E-state index contributed by atoms with van der Waals surface area (Å²) in [7, 11) is 2.96. The second-order valence-electron chi connectivity index (χ2n) is 25.8. The summed E-state index contributed by atoms with van der Waals surface area (Å²) in [5.74, 6) is -2.24. The van der Waals surface area contributed by atoms with Crippen molar-refractivity contribution in [3.8, 4) is 23.0 Å². The van der Waals surface area contributed by atoms with E-state index in [9.17, 15) is 48.3 Å². The average molecular weight is 1510 g/mol. The maximum Gasteiger partial charge on any atom is 0.416 e. The number of aliphatic imine (C=N–C) groups is 1. The first-order valence-electron chi connectivity index (χ1n) is 36.5. The number of allylic oxidation sites excluding steroid dienone is 1. The zero-order valence-corrected chi connectivity index (χ0v) is 63.1. The summed E-state index contributed by atoms with van der Waals surface area (Å²) in [6, 6.07) is 10.7. The molecule has 4 heterocycles. The fourth-order valence-corrected chi connectivity index (χ4v) is 11.2. The molecule has 4 atom stereocenters. The first kappa shape index (κ1) is 85.9. The van der Waals surface area contributed by atoms with Crippen LogP contribution in [0.4, 0.5) is 21.9 Å². The molecule has 3 aromatic rings. The molecule has 32 heteroatoms. The highest BCUT2D eigenvalue weighted by Crippen LogP contribution is 2.41. The van der Waals surface area contributed by atoms with E-state index >= 15 is 0 Å². The van der Waals surface area contributed by atoms with Gasteiger partial charge in [0, 0.05) is 74.5 Å². The number of ether oxygens (including phenoxy) is 13. The summed E-state index contributed by atoms with van der Waals surface area (Å²) in [6.45, 7) is 16.6. The largest absolute Gasteiger partial charge is 0.493 e. The third kappa shape index (κ3) is 27.7. The highest BCUT2D eigenvalue weighted by atomic mass is 16.6. The molecular weight excluding hydrogens is 1410 g/mol. The van der Waals surface area contributed by atoms with Crippen LogP contribution in [0.3, 0.4) is 0 Å². The van der Waals surface area contributed by atoms with Crippen molar-refractivity contribution in [1.29, 1.82) is 0 Å². The molecule has 0 spiro atoms. The second kappa shape index (κ2) is 46.1. The minimum Gasteiger partial charge on any atom is -0.493 e. The van der Waals surface area contributed by atoms with E-state index in [1.54, 1.807) is 67.6 Å². The van der Waals surface area contributed by atoms with Gasteiger partial charge in [0.1, 0.15) is 18.7 Å². The molecule has 0 radical (unpaired) electrons. The lowest BCUT2D eigenvalue weighted by Crippen LogP contribution is -2.53. The van der Waals surface area contributed by atoms with Gasteiger partial charge in [0.15, 0.2) is 29.2 Å². The molecule has 0 bridgehead atoms. The van der Waals surface area contributed by atoms with E-state index in [1.807, 2.05) is 27.0 Å². The number of fused-ring (bicyclic) bond motifs is 3. The first-order valence-corrected chi connectivity index (χ1v) is 36.5. The maximum absolute atomic E-state index is 14.2. The fraction of sp³-hybridized carbons (Fsp3) is 0.553. The summed E-state index contributed by atoms with van der Waals surface area (Å²) in [4.78, 5) is 126. The third-order valence-electron chi connectivity index (χ3n) is 17.2. The van der Waals surface area contributed by atoms with Crippen molar-refractivity contribution in [3.05, 3.63) is 101 Å². The smallest absolute Gasteiger partial charge is 0.416 e. The van der Waals surface area contributed by atoms with Crippen LogP contribution in [0.1, 0.15) is 113 Å². The Morgan fingerprint density at radius 1 is 0.630 bits per heavy atom. The second-order valence-corrected chi connectivity index (χ2v) is 25.8. The number of anilines is 2. The van der Waals surface area contributed by atoms with Gasteiger partial charge in [0.25, 0.3) is 23.6 Å². The Morgan fingerprint density at radius 2 is 1.18 bits per heavy atom. The molecular formula is C76H105N9O23. The van der Waals surface area contributed by atoms with Gasteiger partial charge in [-0.1, -0.05) is 44.1 Å². The lowest BCUT2D eigenvalue weighted by Gasteiger charge is -2.27. The van der Waals surface area contributed by atoms with Gasteiger partial charge in [-0.2, -0.15) is 0 Å². The van der Waals surface area contributed by atoms with Crippen molar-refractivity contribution in [2.45, 2.75) is 117 Å². The van der Waals surface area contributed by atoms with Gasteiger partial charge in [-0.15, -0.1) is 0 Å². The van der Waals surface area contributed by atoms with Crippen molar-refractivity contribution >= 4 is 76.6 Å². The normalized spacial score (nSPS) is 16.0. The van der Waals surface area contributed by atoms with Crippen molar-refractivity contribution < 1.29 is 110 Å². The number of carbonyl (C=O) groups excluding carboxylic acids is 9. The van der Waals surface area contributed by atoms with E-state index in [4.69, 9.17) is 61.6 Å². The number of β-amino-alcohol motifs (C(OH)–C–C–N with tert-alkyl or cyclic N) is 1. The zero-order valence-electron chi connectivity index (χ0n) is 63.1. The molecule has 4 aliphatic heterocycles. The van der Waals surface area contributed by atoms with E-state index < -0.39 is 59.8 Å². The van der Waals surface area contributed by atoms with E-state index in [1.165, 1.54) is 50.3 Å². The molecule has 0 aliphatic carbocycles. The number of methoxy groups -OCH3 is 2. The molecule has 7 rings (SSSR count). The van der Waals surface area contributed by atoms with Crippen molar-refractivity contribution in [3.63, 3.8) is 0 Å². The highest BCUT2D eigenvalue weighted by molar-refractivity contribution is 6.13. The number of unbranched alkanes of at least 4 members (excludes halogenated alkanes) is 2. The Hall–Kier alpha value is -9.38. The molecule has 9 amide bonds. The Balaban J connectivity index is 0.722. The summed E-state index contributed by atoms with van der Waals surface area (Å²) < 4.78 is 73.5. The predicted molar refractivity (Wildman–Crippen MR) is 395 cm³/mol. The number of hydrogen-bond acceptors (Lipinski definition) is 24. The highest BCUT2D eigenvalue weighted by Gasteiger charge is 2.38. The van der Waals surface area contributed by atoms with Gasteiger partial charge >= 0.3 is 6.09 Å². The number of carbonyl (C=O) groups is 9. The molecule has 0 fully saturated rings. The van der Waals surface area contributed by atoms with Gasteiger partial charge in [0.05, 0.1) is 168 Å². The van der Waals surface area contributed by atoms with Crippen LogP contribution in [0.2, 0.25) is 0 Å². The number of aliphatic hydroxyl groups excluding tert-OH is 1. The van der Waals surface area contributed by atoms with Crippen molar-refractivity contribution in [2.75, 3.05) is 163 Å². The first-order chi connectivity index (χ1) is 52.2. The number of aliphatic hydroxyl groups is 1. The number of nitrogens with one attached hydrogen (secondary N) is 4. The van der Waals surface area contributed by atoms with E-state index in [0.29, 0.717) is 159 Å². The van der Waals surface area contributed by atoms with Crippen molar-refractivity contribution in [2.24, 2.45) is 10.9 Å². The van der Waals surface area contributed by atoms with Gasteiger partial charge < -0.3 is 97.8 Å². The minimum atomic E-state index is -1.55. The Morgan fingerprint density at radius 3 is 1.73 bits per heavy atom. The molecule has 0 aromatic heterocycles. The van der Waals surface area contributed by atoms with E-state index in [-0.39, 0.29) is 105 Å². The molecule has 32 nitrogen and oxygen atoms in total. The summed E-state index contributed by atoms with van der Waals surface area (Å²) >= 11 is 0. The van der Waals surface area contributed by atoms with Crippen LogP contribution >= 0.6 is 0 Å². The van der Waals surface area contributed by atoms with E-state index in [2.05, 4.69) is 26.3 Å². The SMILES string of the molecule is CC/C(C)=C\N1C[C@H](O)N(C(=O)OCc2ccc(NC(=O)[C@H](C)NC(=O)[C@@H](NC(=O)CCOCCOCCOCCOCCOCCOCCOCCOCCNC(=O)CCN3C(=O)C=CC3=O)C(C)C)cc2)c2cc(OCCCCCOc3cc4c(cc3OC)C(=O)N3C=C(C)C[C@H]3C=N4)c(OC)cc2C1=O. The number of nitrogens with zero attached hydrogens (tertiary/aromatic N) is 5. The molecule has 0 saturated carbocycles. The lowest BCUT2D eigenvalue weighted by molar-refractivity contribution is -0.137. The van der Waals surface area contributed by atoms with Crippen LogP contribution in [-0.4, -0.2) is 257 Å². The Bertz CT molecular complexity index is 3590. The van der Waals surface area contributed by atoms with Crippen LogP contribution in [0.15, 0.2) is 89.2 Å². The zero-order chi connectivity index (χ0) is 77.7. The van der Waals surface area contributed by atoms with Crippen molar-refractivity contribution in [1.82, 2.24) is 30.7 Å². The molecule has 5 N–H and O–H groups in total. The molecule has 592 valence electrons. The lowest BCUT2D eigenvalue weighted by atomic mass is 10.0. The third-order valence-corrected chi connectivity index (χ3v) is 17.2. The molecule has 108 heavy (non-hydrogen) atoms. The predicted octanol–water partition coefficient (Wildman–Crippen LogP) is 5.94. The summed E-state index contributed by atoms with van der Waals surface area (Å²) in [5.41, 5.74) is 3.89. The average Bonchev–Trinajstić information content (AvgIpc) is 1.59. The van der Waals surface area contributed by atoms with Crippen LogP contribution in [0.5, 0.6) is 23.0 Å². The van der Waals surface area contributed by atoms with Crippen LogP contribution in [0, 0.1) is 5.92 Å². The number of benzene rings is 3. The number of rotatable bonds is 50. The molecule has 4 aliphatic rings. The summed E-state index contributed by atoms with van der Waals surface area (Å²) in [6.07, 6.45) is 8.40. The quantitative estimate of drug-likeness (QED) is 0.0323. The van der Waals surface area contributed by atoms with Crippen LogP contribution in [0.25, 0.3) is 0 Å². The maximum atomic E-state index is 14.2. The standard InChI is InChI=1S/C76H105N9O23/c1-9-52(4)47-82-49-70(90)85(61-45-65(63(97-8)43-59(61)74(82)93)107-24-12-10-11-23-106-64-44-60-58(42-62(64)96-7)75(94)84-48-53(5)41-57(84)46-78-60)76(95)108-50-55-13-15-56(16-14-55)80-72(91)54(6)79-73(92)71(51(2)3)81-67(87)20-25-98-27-29-100-31-33-102-35-37-104-39-40-105-38-36-103-34-32-101-30-28-99-26-21-77-66(86)19-22-83-68(88)17-18-69(83)89/h13-18,42-48,51,54,57,70-71,90H,9-12,19-41,49-50H2,1-8H3,(H,77,86)(H,79,92)(H,80,91)(H,81,87)/b52-47-/t54-,57-,70-,71-/m0/s1. The molecule has 0 unspecified atom stereocenters. The van der Waals surface area contributed by atoms with Crippen LogP contribution in [-0.2, 0) is 78.0 Å². The topological polar surface area (TPSA) is 367 Å². The Kier molecular flexibility index (Phi) is 36.6. The molecule has 3 aromatic carbocycles. The molecule has 0 saturated heterocycles. The van der Waals surface area contributed by atoms with Gasteiger partial charge in [-0.05, 0) is 88.6 Å². The van der Waals surface area contributed by atoms with Crippen LogP contribution < -0.4 is 45.1 Å². The summed E-state index contributed by atoms with van der Waals surface area (Å²) in [5, 5.41) is 22.6. The Labute approximate surface area is 629 Å². The van der Waals surface area contributed by atoms with Gasteiger partial charge in [-0.25, -0.2) is 9.69 Å². The van der Waals surface area contributed by atoms with Gasteiger partial charge in [-0.3, -0.25) is 48.2 Å². The minimum absolute atomic E-state index is 0.0160. The number of imide groups is 1. The number of amides is 9. The fourth-order valence-electron chi connectivity index (χ4n) is 11.2. The van der Waals surface area contributed by atoms with Gasteiger partial charge in [0.2, 0.25) is 23.6 Å².